The quantitative estimate of drug-likeness (QED) is 0.550. The van der Waals surface area contributed by atoms with Crippen molar-refractivity contribution in [2.45, 2.75) is 13.3 Å². The summed E-state index contributed by atoms with van der Waals surface area (Å²) in [5.41, 5.74) is 2.69. The lowest BCUT2D eigenvalue weighted by Gasteiger charge is -2.01. The molecule has 0 aliphatic rings. The number of aryl methyl sites for hydroxylation is 1. The Hall–Kier alpha value is -3.06. The van der Waals surface area contributed by atoms with E-state index in [0.717, 1.165) is 11.3 Å². The summed E-state index contributed by atoms with van der Waals surface area (Å²) in [6.07, 6.45) is 2.50. The van der Waals surface area contributed by atoms with Crippen molar-refractivity contribution in [2.24, 2.45) is 0 Å². The zero-order chi connectivity index (χ0) is 17.8. The predicted octanol–water partition coefficient (Wildman–Crippen LogP) is 4.20. The molecule has 0 atom stereocenters. The highest BCUT2D eigenvalue weighted by molar-refractivity contribution is 7.15. The molecule has 1 aromatic heterocycles. The Morgan fingerprint density at radius 1 is 1.16 bits per heavy atom. The fraction of sp³-hybridized carbons (Fsp3) is 0.111. The van der Waals surface area contributed by atoms with Gasteiger partial charge in [0.15, 0.2) is 5.13 Å². The van der Waals surface area contributed by atoms with Crippen molar-refractivity contribution in [1.82, 2.24) is 4.98 Å². The zero-order valence-electron chi connectivity index (χ0n) is 13.4. The van der Waals surface area contributed by atoms with E-state index in [-0.39, 0.29) is 11.6 Å². The van der Waals surface area contributed by atoms with Gasteiger partial charge in [0.1, 0.15) is 0 Å². The molecule has 7 heteroatoms. The van der Waals surface area contributed by atoms with Gasteiger partial charge in [0.2, 0.25) is 0 Å². The number of rotatable bonds is 5. The Balaban J connectivity index is 1.65. The molecular formula is C18H15N3O3S. The molecule has 1 N–H and O–H groups in total. The lowest BCUT2D eigenvalue weighted by atomic mass is 10.1. The molecule has 0 aliphatic heterocycles. The van der Waals surface area contributed by atoms with Crippen LogP contribution in [0.15, 0.2) is 54.7 Å². The van der Waals surface area contributed by atoms with Crippen LogP contribution in [0, 0.1) is 17.0 Å². The zero-order valence-corrected chi connectivity index (χ0v) is 14.2. The van der Waals surface area contributed by atoms with Crippen LogP contribution < -0.4 is 5.32 Å². The van der Waals surface area contributed by atoms with E-state index in [0.29, 0.717) is 10.7 Å². The van der Waals surface area contributed by atoms with Crippen molar-refractivity contribution < 1.29 is 9.72 Å². The molecule has 25 heavy (non-hydrogen) atoms. The summed E-state index contributed by atoms with van der Waals surface area (Å²) in [6, 6.07) is 13.7. The maximum absolute atomic E-state index is 12.2. The number of nitrogens with zero attached hydrogens (tertiary/aromatic N) is 2. The van der Waals surface area contributed by atoms with Crippen molar-refractivity contribution in [3.63, 3.8) is 0 Å². The monoisotopic (exact) mass is 353 g/mol. The van der Waals surface area contributed by atoms with Gasteiger partial charge in [-0.1, -0.05) is 29.8 Å². The highest BCUT2D eigenvalue weighted by Gasteiger charge is 2.11. The number of hydrogen-bond acceptors (Lipinski definition) is 5. The first-order chi connectivity index (χ1) is 12.0. The summed E-state index contributed by atoms with van der Waals surface area (Å²) < 4.78 is 0. The molecule has 0 unspecified atom stereocenters. The number of nitro groups is 1. The van der Waals surface area contributed by atoms with E-state index in [1.165, 1.54) is 46.7 Å². The molecule has 1 amide bonds. The first kappa shape index (κ1) is 16.8. The van der Waals surface area contributed by atoms with Gasteiger partial charge < -0.3 is 0 Å². The molecule has 2 aromatic carbocycles. The minimum Gasteiger partial charge on any atom is -0.298 e. The fourth-order valence-electron chi connectivity index (χ4n) is 2.26. The van der Waals surface area contributed by atoms with E-state index in [1.807, 2.05) is 6.92 Å². The molecule has 0 saturated carbocycles. The van der Waals surface area contributed by atoms with Gasteiger partial charge in [-0.2, -0.15) is 0 Å². The predicted molar refractivity (Wildman–Crippen MR) is 97.1 cm³/mol. The van der Waals surface area contributed by atoms with Crippen molar-refractivity contribution in [2.75, 3.05) is 5.32 Å². The van der Waals surface area contributed by atoms with Crippen LogP contribution in [0.4, 0.5) is 10.8 Å². The normalized spacial score (nSPS) is 10.4. The van der Waals surface area contributed by atoms with E-state index in [4.69, 9.17) is 0 Å². The van der Waals surface area contributed by atoms with E-state index >= 15 is 0 Å². The van der Waals surface area contributed by atoms with Gasteiger partial charge in [0.05, 0.1) is 4.92 Å². The van der Waals surface area contributed by atoms with Crippen LogP contribution in [-0.2, 0) is 6.42 Å². The minimum atomic E-state index is -0.500. The number of benzene rings is 2. The molecule has 0 spiro atoms. The maximum atomic E-state index is 12.2. The third-order valence-corrected chi connectivity index (χ3v) is 4.53. The van der Waals surface area contributed by atoms with E-state index < -0.39 is 4.92 Å². The van der Waals surface area contributed by atoms with Gasteiger partial charge in [-0.05, 0) is 24.6 Å². The molecular weight excluding hydrogens is 338 g/mol. The number of amides is 1. The maximum Gasteiger partial charge on any atom is 0.269 e. The molecule has 0 saturated heterocycles. The smallest absolute Gasteiger partial charge is 0.269 e. The average molecular weight is 353 g/mol. The van der Waals surface area contributed by atoms with Crippen LogP contribution in [0.25, 0.3) is 0 Å². The number of nitrogens with one attached hydrogen (secondary N) is 1. The fourth-order valence-corrected chi connectivity index (χ4v) is 3.10. The topological polar surface area (TPSA) is 85.1 Å². The van der Waals surface area contributed by atoms with Crippen molar-refractivity contribution in [1.29, 1.82) is 0 Å². The average Bonchev–Trinajstić information content (AvgIpc) is 3.04. The lowest BCUT2D eigenvalue weighted by Crippen LogP contribution is -2.11. The van der Waals surface area contributed by atoms with Gasteiger partial charge in [0.25, 0.3) is 11.6 Å². The van der Waals surface area contributed by atoms with Gasteiger partial charge in [-0.15, -0.1) is 11.3 Å². The van der Waals surface area contributed by atoms with Gasteiger partial charge in [-0.25, -0.2) is 4.98 Å². The van der Waals surface area contributed by atoms with Crippen LogP contribution in [0.5, 0.6) is 0 Å². The third-order valence-electron chi connectivity index (χ3n) is 3.61. The number of thiazole rings is 1. The molecule has 0 radical (unpaired) electrons. The molecule has 3 rings (SSSR count). The van der Waals surface area contributed by atoms with Crippen molar-refractivity contribution >= 4 is 28.1 Å². The first-order valence-electron chi connectivity index (χ1n) is 7.57. The number of non-ortho nitro benzene ring substituents is 1. The molecule has 0 bridgehead atoms. The molecule has 6 nitrogen and oxygen atoms in total. The molecule has 0 fully saturated rings. The third kappa shape index (κ3) is 4.27. The van der Waals surface area contributed by atoms with E-state index in [9.17, 15) is 14.9 Å². The summed E-state index contributed by atoms with van der Waals surface area (Å²) >= 11 is 1.41. The highest BCUT2D eigenvalue weighted by atomic mass is 32.1. The number of aromatic nitrogens is 1. The van der Waals surface area contributed by atoms with Crippen LogP contribution in [-0.4, -0.2) is 15.8 Å². The SMILES string of the molecule is Cc1ccc(Cc2cnc(NC(=O)c3ccc([N+](=O)[O-])cc3)s2)cc1. The van der Waals surface area contributed by atoms with Crippen LogP contribution in [0.2, 0.25) is 0 Å². The standard InChI is InChI=1S/C18H15N3O3S/c1-12-2-4-13(5-3-12)10-16-11-19-18(25-16)20-17(22)14-6-8-15(9-7-14)21(23)24/h2-9,11H,10H2,1H3,(H,19,20,22). The Morgan fingerprint density at radius 2 is 1.84 bits per heavy atom. The van der Waals surface area contributed by atoms with Crippen molar-refractivity contribution in [3.05, 3.63) is 86.4 Å². The van der Waals surface area contributed by atoms with E-state index in [1.54, 1.807) is 6.20 Å². The molecule has 3 aromatic rings. The van der Waals surface area contributed by atoms with Crippen LogP contribution >= 0.6 is 11.3 Å². The summed E-state index contributed by atoms with van der Waals surface area (Å²) in [4.78, 5) is 27.6. The minimum absolute atomic E-state index is 0.0498. The Labute approximate surface area is 148 Å². The summed E-state index contributed by atoms with van der Waals surface area (Å²) in [5, 5.41) is 13.9. The second-order valence-corrected chi connectivity index (χ2v) is 6.67. The summed E-state index contributed by atoms with van der Waals surface area (Å²) in [7, 11) is 0. The summed E-state index contributed by atoms with van der Waals surface area (Å²) in [5.74, 6) is -0.342. The first-order valence-corrected chi connectivity index (χ1v) is 8.39. The second kappa shape index (κ2) is 7.23. The largest absolute Gasteiger partial charge is 0.298 e. The van der Waals surface area contributed by atoms with Gasteiger partial charge in [-0.3, -0.25) is 20.2 Å². The Morgan fingerprint density at radius 3 is 2.48 bits per heavy atom. The number of hydrogen-bond donors (Lipinski definition) is 1. The van der Waals surface area contributed by atoms with Gasteiger partial charge >= 0.3 is 0 Å². The van der Waals surface area contributed by atoms with E-state index in [2.05, 4.69) is 34.6 Å². The highest BCUT2D eigenvalue weighted by Crippen LogP contribution is 2.22. The molecule has 1 heterocycles. The van der Waals surface area contributed by atoms with Crippen LogP contribution in [0.3, 0.4) is 0 Å². The van der Waals surface area contributed by atoms with Gasteiger partial charge in [0, 0.05) is 35.2 Å². The number of nitro benzene ring substituents is 1. The van der Waals surface area contributed by atoms with Crippen LogP contribution in [0.1, 0.15) is 26.4 Å². The molecule has 0 aliphatic carbocycles. The summed E-state index contributed by atoms with van der Waals surface area (Å²) in [6.45, 7) is 2.04. The molecule has 126 valence electrons. The van der Waals surface area contributed by atoms with Crippen molar-refractivity contribution in [3.8, 4) is 0 Å². The Bertz CT molecular complexity index is 902. The number of anilines is 1. The number of carbonyl (C=O) groups is 1. The Kier molecular flexibility index (Phi) is 4.85. The number of carbonyl (C=O) groups excluding carboxylic acids is 1. The lowest BCUT2D eigenvalue weighted by molar-refractivity contribution is -0.384. The second-order valence-electron chi connectivity index (χ2n) is 5.55.